The van der Waals surface area contributed by atoms with Crippen molar-refractivity contribution in [1.29, 1.82) is 0 Å². The summed E-state index contributed by atoms with van der Waals surface area (Å²) in [6, 6.07) is 7.73. The zero-order valence-corrected chi connectivity index (χ0v) is 19.3. The van der Waals surface area contributed by atoms with E-state index in [1.807, 2.05) is 0 Å². The molecule has 0 radical (unpaired) electrons. The average Bonchev–Trinajstić information content (AvgIpc) is 2.79. The summed E-state index contributed by atoms with van der Waals surface area (Å²) in [5.74, 6) is -1.71. The van der Waals surface area contributed by atoms with E-state index in [9.17, 15) is 28.1 Å². The summed E-state index contributed by atoms with van der Waals surface area (Å²) in [4.78, 5) is 34.8. The SMILES string of the molecule is Cc1ccc(S(=O)(=O)N2CCCCC2)cc1NC(=O)COC(=O)c1cc([N+](=O)[O-])ccc1Cl. The van der Waals surface area contributed by atoms with Crippen LogP contribution in [0, 0.1) is 17.0 Å². The van der Waals surface area contributed by atoms with Gasteiger partial charge < -0.3 is 10.1 Å². The summed E-state index contributed by atoms with van der Waals surface area (Å²) in [7, 11) is -3.69. The topological polar surface area (TPSA) is 136 Å². The Labute approximate surface area is 195 Å². The van der Waals surface area contributed by atoms with Crippen LogP contribution in [-0.2, 0) is 19.6 Å². The van der Waals surface area contributed by atoms with E-state index in [1.54, 1.807) is 13.0 Å². The van der Waals surface area contributed by atoms with Gasteiger partial charge in [0.1, 0.15) is 0 Å². The summed E-state index contributed by atoms with van der Waals surface area (Å²) in [5.41, 5.74) is 0.291. The van der Waals surface area contributed by atoms with Crippen LogP contribution >= 0.6 is 11.6 Å². The van der Waals surface area contributed by atoms with E-state index in [2.05, 4.69) is 5.32 Å². The molecule has 10 nitrogen and oxygen atoms in total. The molecule has 12 heteroatoms. The van der Waals surface area contributed by atoms with Crippen LogP contribution in [0.1, 0.15) is 35.2 Å². The first kappa shape index (κ1) is 24.6. The molecule has 0 aliphatic carbocycles. The van der Waals surface area contributed by atoms with E-state index in [1.165, 1.54) is 22.5 Å². The summed E-state index contributed by atoms with van der Waals surface area (Å²) in [6.07, 6.45) is 2.59. The third-order valence-corrected chi connectivity index (χ3v) is 7.38. The number of nitro groups is 1. The number of halogens is 1. The lowest BCUT2D eigenvalue weighted by atomic mass is 10.2. The van der Waals surface area contributed by atoms with Gasteiger partial charge in [0.2, 0.25) is 10.0 Å². The highest BCUT2D eigenvalue weighted by atomic mass is 35.5. The van der Waals surface area contributed by atoms with E-state index >= 15 is 0 Å². The van der Waals surface area contributed by atoms with E-state index in [-0.39, 0.29) is 26.9 Å². The Hall–Kier alpha value is -3.02. The van der Waals surface area contributed by atoms with Gasteiger partial charge in [-0.1, -0.05) is 24.1 Å². The monoisotopic (exact) mass is 495 g/mol. The standard InChI is InChI=1S/C21H22ClN3O7S/c1-14-5-7-16(33(30,31)24-9-3-2-4-10-24)12-19(14)23-20(26)13-32-21(27)17-11-15(25(28)29)6-8-18(17)22/h5-8,11-12H,2-4,9-10,13H2,1H3,(H,23,26). The maximum atomic E-state index is 12.9. The highest BCUT2D eigenvalue weighted by Crippen LogP contribution is 2.26. The lowest BCUT2D eigenvalue weighted by molar-refractivity contribution is -0.384. The van der Waals surface area contributed by atoms with Crippen molar-refractivity contribution >= 4 is 44.9 Å². The smallest absolute Gasteiger partial charge is 0.340 e. The second-order valence-electron chi connectivity index (χ2n) is 7.49. The lowest BCUT2D eigenvalue weighted by Gasteiger charge is -2.26. The van der Waals surface area contributed by atoms with Gasteiger partial charge in [-0.2, -0.15) is 4.31 Å². The molecule has 1 saturated heterocycles. The number of benzene rings is 2. The largest absolute Gasteiger partial charge is 0.452 e. The van der Waals surface area contributed by atoms with Gasteiger partial charge in [-0.3, -0.25) is 14.9 Å². The number of hydrogen-bond acceptors (Lipinski definition) is 7. The van der Waals surface area contributed by atoms with E-state index in [0.29, 0.717) is 18.7 Å². The van der Waals surface area contributed by atoms with Crippen molar-refractivity contribution in [3.05, 3.63) is 62.7 Å². The second kappa shape index (κ2) is 10.3. The Morgan fingerprint density at radius 3 is 2.52 bits per heavy atom. The second-order valence-corrected chi connectivity index (χ2v) is 9.83. The zero-order valence-electron chi connectivity index (χ0n) is 17.7. The molecule has 2 aromatic carbocycles. The Morgan fingerprint density at radius 1 is 1.15 bits per heavy atom. The fourth-order valence-corrected chi connectivity index (χ4v) is 5.07. The highest BCUT2D eigenvalue weighted by molar-refractivity contribution is 7.89. The maximum absolute atomic E-state index is 12.9. The number of hydrogen-bond donors (Lipinski definition) is 1. The first-order valence-corrected chi connectivity index (χ1v) is 11.9. The van der Waals surface area contributed by atoms with Crippen LogP contribution in [0.5, 0.6) is 0 Å². The molecular weight excluding hydrogens is 474 g/mol. The number of nitrogens with one attached hydrogen (secondary N) is 1. The molecule has 1 amide bonds. The first-order valence-electron chi connectivity index (χ1n) is 10.1. The van der Waals surface area contributed by atoms with Crippen molar-refractivity contribution in [1.82, 2.24) is 4.31 Å². The van der Waals surface area contributed by atoms with Gasteiger partial charge >= 0.3 is 5.97 Å². The molecule has 0 unspecified atom stereocenters. The van der Waals surface area contributed by atoms with Crippen molar-refractivity contribution in [2.45, 2.75) is 31.1 Å². The molecule has 0 atom stereocenters. The van der Waals surface area contributed by atoms with Crippen molar-refractivity contribution < 1.29 is 27.7 Å². The van der Waals surface area contributed by atoms with Crippen LogP contribution in [-0.4, -0.2) is 49.2 Å². The number of carbonyl (C=O) groups excluding carboxylic acids is 2. The Bertz CT molecular complexity index is 1190. The minimum atomic E-state index is -3.69. The van der Waals surface area contributed by atoms with E-state index in [4.69, 9.17) is 16.3 Å². The van der Waals surface area contributed by atoms with Gasteiger partial charge in [0.15, 0.2) is 6.61 Å². The average molecular weight is 496 g/mol. The number of esters is 1. The predicted octanol–water partition coefficient (Wildman–Crippen LogP) is 3.53. The summed E-state index contributed by atoms with van der Waals surface area (Å²) < 4.78 is 32.2. The maximum Gasteiger partial charge on any atom is 0.340 e. The first-order chi connectivity index (χ1) is 15.6. The Morgan fingerprint density at radius 2 is 1.85 bits per heavy atom. The molecule has 2 aromatic rings. The number of aryl methyl sites for hydroxylation is 1. The summed E-state index contributed by atoms with van der Waals surface area (Å²) in [5, 5.41) is 13.4. The normalized spacial score (nSPS) is 14.5. The third kappa shape index (κ3) is 5.86. The number of anilines is 1. The number of carbonyl (C=O) groups is 2. The lowest BCUT2D eigenvalue weighted by Crippen LogP contribution is -2.35. The van der Waals surface area contributed by atoms with Gasteiger partial charge in [-0.25, -0.2) is 13.2 Å². The third-order valence-electron chi connectivity index (χ3n) is 5.15. The molecule has 3 rings (SSSR count). The molecule has 0 spiro atoms. The van der Waals surface area contributed by atoms with Crippen molar-refractivity contribution in [3.63, 3.8) is 0 Å². The molecule has 1 fully saturated rings. The van der Waals surface area contributed by atoms with Gasteiger partial charge in [-0.15, -0.1) is 0 Å². The quantitative estimate of drug-likeness (QED) is 0.352. The molecule has 0 saturated carbocycles. The van der Waals surface area contributed by atoms with E-state index < -0.39 is 33.4 Å². The number of piperidine rings is 1. The fourth-order valence-electron chi connectivity index (χ4n) is 3.33. The van der Waals surface area contributed by atoms with E-state index in [0.717, 1.165) is 31.4 Å². The molecule has 1 N–H and O–H groups in total. The molecule has 0 bridgehead atoms. The number of ether oxygens (including phenoxy) is 1. The molecule has 33 heavy (non-hydrogen) atoms. The van der Waals surface area contributed by atoms with Crippen molar-refractivity contribution in [2.75, 3.05) is 25.0 Å². The van der Waals surface area contributed by atoms with Crippen LogP contribution < -0.4 is 5.32 Å². The highest BCUT2D eigenvalue weighted by Gasteiger charge is 2.26. The number of amides is 1. The van der Waals surface area contributed by atoms with Gasteiger partial charge in [0, 0.05) is 30.9 Å². The van der Waals surface area contributed by atoms with Crippen molar-refractivity contribution in [3.8, 4) is 0 Å². The van der Waals surface area contributed by atoms with Crippen LogP contribution in [0.25, 0.3) is 0 Å². The molecule has 1 aliphatic heterocycles. The van der Waals surface area contributed by atoms with Gasteiger partial charge in [0.05, 0.1) is 20.4 Å². The zero-order chi connectivity index (χ0) is 24.2. The molecule has 176 valence electrons. The Balaban J connectivity index is 1.68. The molecular formula is C21H22ClN3O7S. The van der Waals surface area contributed by atoms with Crippen LogP contribution in [0.2, 0.25) is 5.02 Å². The molecule has 1 heterocycles. The van der Waals surface area contributed by atoms with Crippen LogP contribution in [0.3, 0.4) is 0 Å². The molecule has 0 aromatic heterocycles. The minimum absolute atomic E-state index is 0.0579. The number of non-ortho nitro benzene ring substituents is 1. The number of nitro benzene ring substituents is 1. The van der Waals surface area contributed by atoms with Crippen molar-refractivity contribution in [2.24, 2.45) is 0 Å². The summed E-state index contributed by atoms with van der Waals surface area (Å²) in [6.45, 7) is 1.91. The van der Waals surface area contributed by atoms with Crippen LogP contribution in [0.4, 0.5) is 11.4 Å². The Kier molecular flexibility index (Phi) is 7.67. The fraction of sp³-hybridized carbons (Fsp3) is 0.333. The number of rotatable bonds is 7. The van der Waals surface area contributed by atoms with Gasteiger partial charge in [-0.05, 0) is 43.5 Å². The predicted molar refractivity (Wildman–Crippen MR) is 121 cm³/mol. The van der Waals surface area contributed by atoms with Gasteiger partial charge in [0.25, 0.3) is 11.6 Å². The molecule has 1 aliphatic rings. The minimum Gasteiger partial charge on any atom is -0.452 e. The van der Waals surface area contributed by atoms with Crippen LogP contribution in [0.15, 0.2) is 41.3 Å². The number of nitrogens with zero attached hydrogens (tertiary/aromatic N) is 2. The number of sulfonamides is 1. The summed E-state index contributed by atoms with van der Waals surface area (Å²) >= 11 is 5.90.